The minimum Gasteiger partial charge on any atom is -0.370 e. The summed E-state index contributed by atoms with van der Waals surface area (Å²) in [5, 5.41) is 2.97. The fourth-order valence-corrected chi connectivity index (χ4v) is 3.44. The highest BCUT2D eigenvalue weighted by atomic mass is 16.5. The Kier molecular flexibility index (Phi) is 4.92. The zero-order valence-electron chi connectivity index (χ0n) is 15.3. The van der Waals surface area contributed by atoms with Gasteiger partial charge in [-0.1, -0.05) is 37.3 Å². The maximum Gasteiger partial charge on any atom is 0.229 e. The lowest BCUT2D eigenvalue weighted by atomic mass is 9.94. The van der Waals surface area contributed by atoms with Crippen LogP contribution in [-0.2, 0) is 9.53 Å². The summed E-state index contributed by atoms with van der Waals surface area (Å²) in [5.74, 6) is 0.391. The van der Waals surface area contributed by atoms with E-state index in [9.17, 15) is 4.79 Å². The summed E-state index contributed by atoms with van der Waals surface area (Å²) in [5.41, 5.74) is 9.69. The summed E-state index contributed by atoms with van der Waals surface area (Å²) in [6.45, 7) is 2.62. The molecule has 1 saturated heterocycles. The van der Waals surface area contributed by atoms with E-state index in [1.165, 1.54) is 0 Å². The molecule has 3 atom stereocenters. The van der Waals surface area contributed by atoms with Gasteiger partial charge < -0.3 is 20.8 Å². The number of aromatic nitrogens is 2. The van der Waals surface area contributed by atoms with Crippen molar-refractivity contribution < 1.29 is 9.53 Å². The van der Waals surface area contributed by atoms with Crippen LogP contribution < -0.4 is 11.1 Å². The number of amides is 1. The number of fused-ring (bicyclic) bond motifs is 1. The van der Waals surface area contributed by atoms with E-state index in [-0.39, 0.29) is 24.0 Å². The van der Waals surface area contributed by atoms with E-state index in [2.05, 4.69) is 15.3 Å². The van der Waals surface area contributed by atoms with Gasteiger partial charge in [-0.05, 0) is 36.6 Å². The van der Waals surface area contributed by atoms with Crippen LogP contribution in [0.1, 0.15) is 43.3 Å². The van der Waals surface area contributed by atoms with Gasteiger partial charge in [-0.15, -0.1) is 0 Å². The number of hydrogen-bond donors (Lipinski definition) is 3. The third-order valence-corrected chi connectivity index (χ3v) is 5.14. The molecule has 0 bridgehead atoms. The van der Waals surface area contributed by atoms with E-state index in [4.69, 9.17) is 10.5 Å². The molecule has 1 fully saturated rings. The number of anilines is 1. The Bertz CT molecular complexity index is 932. The minimum absolute atomic E-state index is 0.0411. The summed E-state index contributed by atoms with van der Waals surface area (Å²) < 4.78 is 5.69. The number of nitrogens with one attached hydrogen (secondary N) is 2. The fraction of sp³-hybridized carbons (Fsp3) is 0.333. The highest BCUT2D eigenvalue weighted by Crippen LogP contribution is 2.29. The average molecular weight is 364 g/mol. The van der Waals surface area contributed by atoms with Crippen molar-refractivity contribution in [3.05, 3.63) is 59.9 Å². The summed E-state index contributed by atoms with van der Waals surface area (Å²) >= 11 is 0. The molecule has 3 aromatic rings. The SMILES string of the molecule is CC(C(=O)Nc1ccc2nc(C3CCCO3)[nH]c2c1)C(N)c1ccccc1. The van der Waals surface area contributed by atoms with Crippen molar-refractivity contribution in [2.45, 2.75) is 31.9 Å². The number of hydrogen-bond acceptors (Lipinski definition) is 4. The van der Waals surface area contributed by atoms with Gasteiger partial charge in [-0.25, -0.2) is 4.98 Å². The van der Waals surface area contributed by atoms with Gasteiger partial charge in [0.2, 0.25) is 5.91 Å². The molecule has 140 valence electrons. The van der Waals surface area contributed by atoms with Crippen LogP contribution in [0.25, 0.3) is 11.0 Å². The Morgan fingerprint density at radius 2 is 2.11 bits per heavy atom. The van der Waals surface area contributed by atoms with E-state index >= 15 is 0 Å². The van der Waals surface area contributed by atoms with Gasteiger partial charge in [0.1, 0.15) is 11.9 Å². The van der Waals surface area contributed by atoms with Crippen molar-refractivity contribution in [3.8, 4) is 0 Å². The van der Waals surface area contributed by atoms with Crippen molar-refractivity contribution in [1.29, 1.82) is 0 Å². The van der Waals surface area contributed by atoms with Gasteiger partial charge >= 0.3 is 0 Å². The Morgan fingerprint density at radius 3 is 2.85 bits per heavy atom. The molecule has 4 rings (SSSR count). The lowest BCUT2D eigenvalue weighted by Crippen LogP contribution is -2.30. The van der Waals surface area contributed by atoms with Crippen molar-refractivity contribution in [1.82, 2.24) is 9.97 Å². The first-order chi connectivity index (χ1) is 13.1. The highest BCUT2D eigenvalue weighted by molar-refractivity contribution is 5.94. The van der Waals surface area contributed by atoms with Crippen LogP contribution in [0, 0.1) is 5.92 Å². The number of aromatic amines is 1. The fourth-order valence-electron chi connectivity index (χ4n) is 3.44. The number of nitrogens with two attached hydrogens (primary N) is 1. The molecule has 1 amide bonds. The summed E-state index contributed by atoms with van der Waals surface area (Å²) in [4.78, 5) is 20.6. The van der Waals surface area contributed by atoms with Crippen LogP contribution in [0.4, 0.5) is 5.69 Å². The first-order valence-corrected chi connectivity index (χ1v) is 9.34. The number of ether oxygens (including phenoxy) is 1. The predicted molar refractivity (Wildman–Crippen MR) is 105 cm³/mol. The van der Waals surface area contributed by atoms with Gasteiger partial charge in [0.25, 0.3) is 0 Å². The van der Waals surface area contributed by atoms with E-state index in [0.717, 1.165) is 47.6 Å². The number of rotatable bonds is 5. The van der Waals surface area contributed by atoms with Crippen LogP contribution in [0.15, 0.2) is 48.5 Å². The van der Waals surface area contributed by atoms with Crippen molar-refractivity contribution >= 4 is 22.6 Å². The zero-order valence-corrected chi connectivity index (χ0v) is 15.3. The van der Waals surface area contributed by atoms with Crippen molar-refractivity contribution in [3.63, 3.8) is 0 Å². The maximum absolute atomic E-state index is 12.6. The smallest absolute Gasteiger partial charge is 0.229 e. The number of imidazole rings is 1. The summed E-state index contributed by atoms with van der Waals surface area (Å²) in [7, 11) is 0. The zero-order chi connectivity index (χ0) is 18.8. The van der Waals surface area contributed by atoms with Gasteiger partial charge in [-0.2, -0.15) is 0 Å². The number of benzene rings is 2. The number of carbonyl (C=O) groups is 1. The topological polar surface area (TPSA) is 93.0 Å². The van der Waals surface area contributed by atoms with Crippen LogP contribution in [0.3, 0.4) is 0 Å². The Morgan fingerprint density at radius 1 is 1.30 bits per heavy atom. The van der Waals surface area contributed by atoms with Crippen molar-refractivity contribution in [2.24, 2.45) is 11.7 Å². The Labute approximate surface area is 158 Å². The normalized spacial score (nSPS) is 19.1. The molecule has 2 aromatic carbocycles. The molecule has 2 heterocycles. The lowest BCUT2D eigenvalue weighted by Gasteiger charge is -2.19. The molecule has 1 aliphatic heterocycles. The summed E-state index contributed by atoms with van der Waals surface area (Å²) in [6, 6.07) is 15.0. The van der Waals surface area contributed by atoms with Gasteiger partial charge in [-0.3, -0.25) is 4.79 Å². The van der Waals surface area contributed by atoms with Gasteiger partial charge in [0.05, 0.1) is 17.0 Å². The molecule has 1 aliphatic rings. The number of nitrogens with zero attached hydrogens (tertiary/aromatic N) is 1. The molecule has 1 aromatic heterocycles. The highest BCUT2D eigenvalue weighted by Gasteiger charge is 2.23. The lowest BCUT2D eigenvalue weighted by molar-refractivity contribution is -0.120. The monoisotopic (exact) mass is 364 g/mol. The molecule has 0 radical (unpaired) electrons. The molecule has 6 heteroatoms. The van der Waals surface area contributed by atoms with E-state index < -0.39 is 0 Å². The number of carbonyl (C=O) groups excluding carboxylic acids is 1. The van der Waals surface area contributed by atoms with Crippen LogP contribution in [0.2, 0.25) is 0 Å². The number of H-pyrrole nitrogens is 1. The Balaban J connectivity index is 1.48. The molecule has 0 spiro atoms. The molecule has 0 aliphatic carbocycles. The van der Waals surface area contributed by atoms with Crippen LogP contribution in [-0.4, -0.2) is 22.5 Å². The average Bonchev–Trinajstić information content (AvgIpc) is 3.36. The first-order valence-electron chi connectivity index (χ1n) is 9.34. The van der Waals surface area contributed by atoms with Crippen molar-refractivity contribution in [2.75, 3.05) is 11.9 Å². The molecule has 27 heavy (non-hydrogen) atoms. The van der Waals surface area contributed by atoms with E-state index in [1.54, 1.807) is 0 Å². The standard InChI is InChI=1S/C21H24N4O2/c1-13(19(22)14-6-3-2-4-7-14)21(26)23-15-9-10-16-17(12-15)25-20(24-16)18-8-5-11-27-18/h2-4,6-7,9-10,12-13,18-19H,5,8,11,22H2,1H3,(H,23,26)(H,24,25). The molecular formula is C21H24N4O2. The molecule has 6 nitrogen and oxygen atoms in total. The third-order valence-electron chi connectivity index (χ3n) is 5.14. The molecule has 4 N–H and O–H groups in total. The molecular weight excluding hydrogens is 340 g/mol. The molecule has 3 unspecified atom stereocenters. The summed E-state index contributed by atoms with van der Waals surface area (Å²) in [6.07, 6.45) is 2.08. The first kappa shape index (κ1) is 17.7. The van der Waals surface area contributed by atoms with Crippen LogP contribution >= 0.6 is 0 Å². The quantitative estimate of drug-likeness (QED) is 0.644. The predicted octanol–water partition coefficient (Wildman–Crippen LogP) is 3.69. The largest absolute Gasteiger partial charge is 0.370 e. The van der Waals surface area contributed by atoms with E-state index in [0.29, 0.717) is 0 Å². The van der Waals surface area contributed by atoms with Gasteiger partial charge in [0, 0.05) is 18.3 Å². The minimum atomic E-state index is -0.354. The Hall–Kier alpha value is -2.70. The van der Waals surface area contributed by atoms with Gasteiger partial charge in [0.15, 0.2) is 0 Å². The third kappa shape index (κ3) is 3.72. The van der Waals surface area contributed by atoms with E-state index in [1.807, 2.05) is 55.5 Å². The molecule has 0 saturated carbocycles. The second-order valence-corrected chi connectivity index (χ2v) is 7.07. The maximum atomic E-state index is 12.6. The van der Waals surface area contributed by atoms with Crippen LogP contribution in [0.5, 0.6) is 0 Å². The second kappa shape index (κ2) is 7.50. The second-order valence-electron chi connectivity index (χ2n) is 7.07.